The molecule has 0 bridgehead atoms. The second-order valence-corrected chi connectivity index (χ2v) is 6.84. The summed E-state index contributed by atoms with van der Waals surface area (Å²) in [5.74, 6) is -0.252. The van der Waals surface area contributed by atoms with E-state index in [1.54, 1.807) is 23.1 Å². The number of carbonyl (C=O) groups excluding carboxylic acids is 2. The summed E-state index contributed by atoms with van der Waals surface area (Å²) in [4.78, 5) is 27.2. The third-order valence-electron chi connectivity index (χ3n) is 4.73. The molecular weight excluding hydrogens is 394 g/mol. The molecule has 31 heavy (non-hydrogen) atoms. The van der Waals surface area contributed by atoms with Crippen LogP contribution in [0.25, 0.3) is 0 Å². The predicted octanol–water partition coefficient (Wildman–Crippen LogP) is 4.09. The molecule has 160 valence electrons. The van der Waals surface area contributed by atoms with E-state index in [9.17, 15) is 9.59 Å². The van der Waals surface area contributed by atoms with E-state index in [-0.39, 0.29) is 23.8 Å². The van der Waals surface area contributed by atoms with Gasteiger partial charge in [0.25, 0.3) is 5.91 Å². The van der Waals surface area contributed by atoms with Gasteiger partial charge in [-0.05, 0) is 23.3 Å². The van der Waals surface area contributed by atoms with Crippen molar-refractivity contribution in [2.45, 2.75) is 13.1 Å². The highest BCUT2D eigenvalue weighted by Gasteiger charge is 2.21. The Labute approximate surface area is 182 Å². The zero-order valence-electron chi connectivity index (χ0n) is 17.6. The number of nitrogens with zero attached hydrogens (tertiary/aromatic N) is 1. The first-order valence-electron chi connectivity index (χ1n) is 9.86. The summed E-state index contributed by atoms with van der Waals surface area (Å²) in [5.41, 5.74) is 2.19. The molecule has 0 saturated carbocycles. The zero-order chi connectivity index (χ0) is 22.1. The summed E-state index contributed by atoms with van der Waals surface area (Å²) in [6, 6.07) is 24.3. The van der Waals surface area contributed by atoms with Crippen LogP contribution in [0.1, 0.15) is 21.5 Å². The molecule has 0 fully saturated rings. The molecule has 0 aliphatic rings. The molecule has 3 aromatic carbocycles. The minimum Gasteiger partial charge on any atom is -0.493 e. The Balaban J connectivity index is 1.72. The van der Waals surface area contributed by atoms with Crippen molar-refractivity contribution in [3.05, 3.63) is 95.6 Å². The van der Waals surface area contributed by atoms with Crippen LogP contribution in [0.4, 0.5) is 0 Å². The smallest absolute Gasteiger partial charge is 0.342 e. The van der Waals surface area contributed by atoms with Gasteiger partial charge in [0.1, 0.15) is 5.56 Å². The Morgan fingerprint density at radius 3 is 1.84 bits per heavy atom. The van der Waals surface area contributed by atoms with Crippen LogP contribution in [-0.4, -0.2) is 37.6 Å². The van der Waals surface area contributed by atoms with Gasteiger partial charge in [0.2, 0.25) is 0 Å². The molecule has 0 atom stereocenters. The largest absolute Gasteiger partial charge is 0.493 e. The molecule has 6 heteroatoms. The fraction of sp³-hybridized carbons (Fsp3) is 0.200. The van der Waals surface area contributed by atoms with Crippen LogP contribution in [0, 0.1) is 0 Å². The minimum atomic E-state index is -0.650. The summed E-state index contributed by atoms with van der Waals surface area (Å²) < 4.78 is 15.8. The molecular formula is C25H25NO5. The lowest BCUT2D eigenvalue weighted by Crippen LogP contribution is -2.34. The van der Waals surface area contributed by atoms with E-state index in [4.69, 9.17) is 14.2 Å². The number of methoxy groups -OCH3 is 2. The second-order valence-electron chi connectivity index (χ2n) is 6.84. The monoisotopic (exact) mass is 419 g/mol. The maximum absolute atomic E-state index is 13.0. The standard InChI is InChI=1S/C25H25NO5/c1-29-22-15-9-14-21(24(22)30-2)25(28)31-18-23(27)26(16-19-10-5-3-6-11-19)17-20-12-7-4-8-13-20/h3-15H,16-18H2,1-2H3. The molecule has 0 aliphatic heterocycles. The number of para-hydroxylation sites is 1. The van der Waals surface area contributed by atoms with Crippen molar-refractivity contribution >= 4 is 11.9 Å². The minimum absolute atomic E-state index is 0.201. The van der Waals surface area contributed by atoms with Crippen LogP contribution in [0.15, 0.2) is 78.9 Å². The number of esters is 1. The molecule has 0 aromatic heterocycles. The van der Waals surface area contributed by atoms with Gasteiger partial charge in [-0.3, -0.25) is 4.79 Å². The topological polar surface area (TPSA) is 65.1 Å². The van der Waals surface area contributed by atoms with Gasteiger partial charge in [-0.1, -0.05) is 66.7 Å². The number of amides is 1. The lowest BCUT2D eigenvalue weighted by Gasteiger charge is -2.23. The van der Waals surface area contributed by atoms with Crippen LogP contribution in [0.3, 0.4) is 0 Å². The molecule has 0 N–H and O–H groups in total. The maximum atomic E-state index is 13.0. The Bertz CT molecular complexity index is 963. The Hall–Kier alpha value is -3.80. The molecule has 0 heterocycles. The van der Waals surface area contributed by atoms with E-state index in [0.717, 1.165) is 11.1 Å². The number of hydrogen-bond acceptors (Lipinski definition) is 5. The normalized spacial score (nSPS) is 10.3. The van der Waals surface area contributed by atoms with Gasteiger partial charge in [-0.25, -0.2) is 4.79 Å². The number of rotatable bonds is 9. The van der Waals surface area contributed by atoms with Crippen molar-refractivity contribution in [1.29, 1.82) is 0 Å². The first-order valence-corrected chi connectivity index (χ1v) is 9.86. The summed E-state index contributed by atoms with van der Waals surface area (Å²) in [5, 5.41) is 0. The molecule has 0 spiro atoms. The highest BCUT2D eigenvalue weighted by Crippen LogP contribution is 2.31. The first kappa shape index (κ1) is 21.9. The molecule has 3 aromatic rings. The van der Waals surface area contributed by atoms with Gasteiger partial charge in [-0.2, -0.15) is 0 Å². The number of hydrogen-bond donors (Lipinski definition) is 0. The van der Waals surface area contributed by atoms with E-state index in [2.05, 4.69) is 0 Å². The molecule has 6 nitrogen and oxygen atoms in total. The van der Waals surface area contributed by atoms with Crippen molar-refractivity contribution in [2.75, 3.05) is 20.8 Å². The van der Waals surface area contributed by atoms with Gasteiger partial charge in [0, 0.05) is 13.1 Å². The third-order valence-corrected chi connectivity index (χ3v) is 4.73. The molecule has 0 saturated heterocycles. The average molecular weight is 419 g/mol. The lowest BCUT2D eigenvalue weighted by atomic mass is 10.1. The molecule has 1 amide bonds. The molecule has 0 radical (unpaired) electrons. The fourth-order valence-electron chi connectivity index (χ4n) is 3.18. The van der Waals surface area contributed by atoms with Crippen LogP contribution in [0.5, 0.6) is 11.5 Å². The van der Waals surface area contributed by atoms with Crippen LogP contribution in [-0.2, 0) is 22.6 Å². The third kappa shape index (κ3) is 5.85. The SMILES string of the molecule is COc1cccc(C(=O)OCC(=O)N(Cc2ccccc2)Cc2ccccc2)c1OC. The Kier molecular flexibility index (Phi) is 7.65. The lowest BCUT2D eigenvalue weighted by molar-refractivity contribution is -0.135. The van der Waals surface area contributed by atoms with Crippen molar-refractivity contribution in [3.63, 3.8) is 0 Å². The number of carbonyl (C=O) groups is 2. The van der Waals surface area contributed by atoms with Crippen LogP contribution in [0.2, 0.25) is 0 Å². The second kappa shape index (κ2) is 10.8. The summed E-state index contributed by atoms with van der Waals surface area (Å²) >= 11 is 0. The highest BCUT2D eigenvalue weighted by atomic mass is 16.5. The molecule has 3 rings (SSSR count). The van der Waals surface area contributed by atoms with E-state index in [0.29, 0.717) is 18.8 Å². The Morgan fingerprint density at radius 1 is 0.742 bits per heavy atom. The van der Waals surface area contributed by atoms with Gasteiger partial charge in [0.15, 0.2) is 18.1 Å². The van der Waals surface area contributed by atoms with Crippen molar-refractivity contribution in [2.24, 2.45) is 0 Å². The first-order chi connectivity index (χ1) is 15.1. The Morgan fingerprint density at radius 2 is 1.32 bits per heavy atom. The van der Waals surface area contributed by atoms with E-state index >= 15 is 0 Å². The quantitative estimate of drug-likeness (QED) is 0.489. The number of benzene rings is 3. The van der Waals surface area contributed by atoms with Crippen LogP contribution < -0.4 is 9.47 Å². The molecule has 0 unspecified atom stereocenters. The summed E-state index contributed by atoms with van der Waals surface area (Å²) in [7, 11) is 2.93. The van der Waals surface area contributed by atoms with E-state index in [1.807, 2.05) is 60.7 Å². The van der Waals surface area contributed by atoms with Gasteiger partial charge in [-0.15, -0.1) is 0 Å². The maximum Gasteiger partial charge on any atom is 0.342 e. The van der Waals surface area contributed by atoms with Gasteiger partial charge >= 0.3 is 5.97 Å². The molecule has 0 aliphatic carbocycles. The predicted molar refractivity (Wildman–Crippen MR) is 117 cm³/mol. The number of ether oxygens (including phenoxy) is 3. The van der Waals surface area contributed by atoms with E-state index < -0.39 is 5.97 Å². The van der Waals surface area contributed by atoms with Gasteiger partial charge in [0.05, 0.1) is 14.2 Å². The van der Waals surface area contributed by atoms with Crippen LogP contribution >= 0.6 is 0 Å². The van der Waals surface area contributed by atoms with Gasteiger partial charge < -0.3 is 19.1 Å². The summed E-state index contributed by atoms with van der Waals surface area (Å²) in [6.45, 7) is 0.446. The highest BCUT2D eigenvalue weighted by molar-refractivity contribution is 5.95. The summed E-state index contributed by atoms with van der Waals surface area (Å²) in [6.07, 6.45) is 0. The average Bonchev–Trinajstić information content (AvgIpc) is 2.82. The van der Waals surface area contributed by atoms with Crippen molar-refractivity contribution in [3.8, 4) is 11.5 Å². The van der Waals surface area contributed by atoms with Crippen molar-refractivity contribution in [1.82, 2.24) is 4.90 Å². The van der Waals surface area contributed by atoms with E-state index in [1.165, 1.54) is 14.2 Å². The zero-order valence-corrected chi connectivity index (χ0v) is 17.6. The fourth-order valence-corrected chi connectivity index (χ4v) is 3.18. The van der Waals surface area contributed by atoms with Crippen molar-refractivity contribution < 1.29 is 23.8 Å².